The fourth-order valence-electron chi connectivity index (χ4n) is 2.22. The molecule has 0 spiro atoms. The Hall–Kier alpha value is -2.11. The number of aromatic nitrogens is 4. The van der Waals surface area contributed by atoms with Gasteiger partial charge in [-0.1, -0.05) is 20.8 Å². The van der Waals surface area contributed by atoms with Crippen LogP contribution >= 0.6 is 0 Å². The number of ether oxygens (including phenoxy) is 1. The number of H-pyrrole nitrogens is 1. The van der Waals surface area contributed by atoms with Crippen LogP contribution in [0.1, 0.15) is 48.2 Å². The molecule has 2 aromatic heterocycles. The molecule has 0 fully saturated rings. The Labute approximate surface area is 124 Å². The van der Waals surface area contributed by atoms with Crippen molar-refractivity contribution in [2.24, 2.45) is 0 Å². The van der Waals surface area contributed by atoms with E-state index in [1.165, 1.54) is 6.20 Å². The van der Waals surface area contributed by atoms with Crippen LogP contribution in [-0.4, -0.2) is 32.6 Å². The smallest absolute Gasteiger partial charge is 0.341 e. The number of carbonyl (C=O) groups is 1. The van der Waals surface area contributed by atoms with Crippen molar-refractivity contribution in [1.82, 2.24) is 20.0 Å². The maximum absolute atomic E-state index is 12.1. The Morgan fingerprint density at radius 2 is 2.10 bits per heavy atom. The molecule has 21 heavy (non-hydrogen) atoms. The van der Waals surface area contributed by atoms with Crippen molar-refractivity contribution in [3.05, 3.63) is 34.9 Å². The standard InChI is InChI=1S/C15H22N4O2/c1-10-8-11(2)19(18-10)6-7-21-14(20)12-9-16-17-13(12)15(3,4)5/h8-9H,6-7H2,1-5H3,(H,16,17). The van der Waals surface area contributed by atoms with Gasteiger partial charge in [0.1, 0.15) is 12.2 Å². The van der Waals surface area contributed by atoms with E-state index in [0.29, 0.717) is 12.1 Å². The normalized spacial score (nSPS) is 11.7. The fourth-order valence-corrected chi connectivity index (χ4v) is 2.22. The summed E-state index contributed by atoms with van der Waals surface area (Å²) in [6, 6.07) is 2.00. The van der Waals surface area contributed by atoms with E-state index in [4.69, 9.17) is 4.74 Å². The van der Waals surface area contributed by atoms with Crippen LogP contribution in [0.5, 0.6) is 0 Å². The van der Waals surface area contributed by atoms with Gasteiger partial charge in [0.05, 0.1) is 24.1 Å². The zero-order valence-corrected chi connectivity index (χ0v) is 13.2. The molecule has 0 aromatic carbocycles. The number of hydrogen-bond acceptors (Lipinski definition) is 4. The first-order valence-electron chi connectivity index (χ1n) is 7.01. The molecule has 2 aromatic rings. The second kappa shape index (κ2) is 5.71. The first kappa shape index (κ1) is 15.3. The summed E-state index contributed by atoms with van der Waals surface area (Å²) in [5.41, 5.74) is 3.13. The van der Waals surface area contributed by atoms with E-state index in [1.807, 2.05) is 45.4 Å². The number of carbonyl (C=O) groups excluding carboxylic acids is 1. The van der Waals surface area contributed by atoms with Crippen LogP contribution in [0.15, 0.2) is 12.3 Å². The molecule has 0 amide bonds. The topological polar surface area (TPSA) is 72.8 Å². The second-order valence-corrected chi connectivity index (χ2v) is 6.19. The molecule has 1 N–H and O–H groups in total. The SMILES string of the molecule is Cc1cc(C)n(CCOC(=O)c2cn[nH]c2C(C)(C)C)n1. The second-order valence-electron chi connectivity index (χ2n) is 6.19. The van der Waals surface area contributed by atoms with E-state index in [-0.39, 0.29) is 18.0 Å². The van der Waals surface area contributed by atoms with E-state index in [2.05, 4.69) is 15.3 Å². The lowest BCUT2D eigenvalue weighted by molar-refractivity contribution is 0.0484. The lowest BCUT2D eigenvalue weighted by Crippen LogP contribution is -2.19. The van der Waals surface area contributed by atoms with Crippen molar-refractivity contribution in [3.63, 3.8) is 0 Å². The van der Waals surface area contributed by atoms with Crippen LogP contribution in [0.3, 0.4) is 0 Å². The molecule has 0 aliphatic carbocycles. The average Bonchev–Trinajstić information content (AvgIpc) is 2.96. The fraction of sp³-hybridized carbons (Fsp3) is 0.533. The van der Waals surface area contributed by atoms with E-state index >= 15 is 0 Å². The molecule has 0 unspecified atom stereocenters. The third-order valence-electron chi connectivity index (χ3n) is 3.25. The van der Waals surface area contributed by atoms with E-state index in [1.54, 1.807) is 0 Å². The molecule has 2 rings (SSSR count). The Morgan fingerprint density at radius 3 is 2.67 bits per heavy atom. The average molecular weight is 290 g/mol. The van der Waals surface area contributed by atoms with Crippen LogP contribution in [0.25, 0.3) is 0 Å². The van der Waals surface area contributed by atoms with Crippen molar-refractivity contribution in [3.8, 4) is 0 Å². The van der Waals surface area contributed by atoms with Crippen molar-refractivity contribution in [2.75, 3.05) is 6.61 Å². The maximum Gasteiger partial charge on any atom is 0.341 e. The van der Waals surface area contributed by atoms with Crippen molar-refractivity contribution >= 4 is 5.97 Å². The highest BCUT2D eigenvalue weighted by Gasteiger charge is 2.24. The number of nitrogens with one attached hydrogen (secondary N) is 1. The predicted molar refractivity (Wildman–Crippen MR) is 79.3 cm³/mol. The van der Waals surface area contributed by atoms with Gasteiger partial charge in [0.25, 0.3) is 0 Å². The molecule has 6 heteroatoms. The summed E-state index contributed by atoms with van der Waals surface area (Å²) < 4.78 is 7.17. The van der Waals surface area contributed by atoms with Crippen molar-refractivity contribution in [2.45, 2.75) is 46.6 Å². The van der Waals surface area contributed by atoms with Gasteiger partial charge in [-0.05, 0) is 19.9 Å². The van der Waals surface area contributed by atoms with E-state index in [9.17, 15) is 4.79 Å². The van der Waals surface area contributed by atoms with Gasteiger partial charge in [-0.15, -0.1) is 0 Å². The molecule has 0 radical (unpaired) electrons. The number of aromatic amines is 1. The van der Waals surface area contributed by atoms with Gasteiger partial charge in [0, 0.05) is 11.1 Å². The summed E-state index contributed by atoms with van der Waals surface area (Å²) in [5.74, 6) is -0.352. The predicted octanol–water partition coefficient (Wildman–Crippen LogP) is 2.38. The van der Waals surface area contributed by atoms with Gasteiger partial charge < -0.3 is 4.74 Å². The minimum Gasteiger partial charge on any atom is -0.460 e. The van der Waals surface area contributed by atoms with Gasteiger partial charge in [-0.2, -0.15) is 10.2 Å². The minimum atomic E-state index is -0.352. The number of aryl methyl sites for hydroxylation is 2. The van der Waals surface area contributed by atoms with Crippen LogP contribution in [0.2, 0.25) is 0 Å². The molecule has 0 atom stereocenters. The van der Waals surface area contributed by atoms with Gasteiger partial charge in [-0.25, -0.2) is 4.79 Å². The molecule has 6 nitrogen and oxygen atoms in total. The zero-order chi connectivity index (χ0) is 15.6. The summed E-state index contributed by atoms with van der Waals surface area (Å²) in [5, 5.41) is 11.2. The molecular weight excluding hydrogens is 268 g/mol. The molecule has 0 bridgehead atoms. The number of esters is 1. The Morgan fingerprint density at radius 1 is 1.38 bits per heavy atom. The van der Waals surface area contributed by atoms with Gasteiger partial charge in [0.15, 0.2) is 0 Å². The molecule has 0 saturated carbocycles. The molecular formula is C15H22N4O2. The summed E-state index contributed by atoms with van der Waals surface area (Å²) in [4.78, 5) is 12.1. The van der Waals surface area contributed by atoms with Crippen LogP contribution in [0.4, 0.5) is 0 Å². The minimum absolute atomic E-state index is 0.180. The largest absolute Gasteiger partial charge is 0.460 e. The Kier molecular flexibility index (Phi) is 4.16. The van der Waals surface area contributed by atoms with E-state index in [0.717, 1.165) is 17.1 Å². The Balaban J connectivity index is 1.97. The molecule has 2 heterocycles. The van der Waals surface area contributed by atoms with Crippen molar-refractivity contribution < 1.29 is 9.53 Å². The molecule has 0 aliphatic heterocycles. The number of rotatable bonds is 4. The van der Waals surface area contributed by atoms with Crippen LogP contribution in [0, 0.1) is 13.8 Å². The van der Waals surface area contributed by atoms with Gasteiger partial charge >= 0.3 is 5.97 Å². The van der Waals surface area contributed by atoms with Gasteiger partial charge in [0.2, 0.25) is 0 Å². The monoisotopic (exact) mass is 290 g/mol. The third-order valence-corrected chi connectivity index (χ3v) is 3.25. The zero-order valence-electron chi connectivity index (χ0n) is 13.2. The van der Waals surface area contributed by atoms with Crippen molar-refractivity contribution in [1.29, 1.82) is 0 Å². The van der Waals surface area contributed by atoms with Crippen LogP contribution < -0.4 is 0 Å². The summed E-state index contributed by atoms with van der Waals surface area (Å²) in [6.45, 7) is 10.8. The van der Waals surface area contributed by atoms with E-state index < -0.39 is 0 Å². The van der Waals surface area contributed by atoms with Gasteiger partial charge in [-0.3, -0.25) is 9.78 Å². The first-order valence-corrected chi connectivity index (χ1v) is 7.01. The maximum atomic E-state index is 12.1. The Bertz CT molecular complexity index is 634. The quantitative estimate of drug-likeness (QED) is 0.877. The molecule has 0 aliphatic rings. The van der Waals surface area contributed by atoms with Crippen LogP contribution in [-0.2, 0) is 16.7 Å². The highest BCUT2D eigenvalue weighted by atomic mass is 16.5. The number of hydrogen-bond donors (Lipinski definition) is 1. The third kappa shape index (κ3) is 3.51. The summed E-state index contributed by atoms with van der Waals surface area (Å²) in [6.07, 6.45) is 1.52. The summed E-state index contributed by atoms with van der Waals surface area (Å²) >= 11 is 0. The highest BCUT2D eigenvalue weighted by molar-refractivity contribution is 5.90. The lowest BCUT2D eigenvalue weighted by atomic mass is 9.90. The highest BCUT2D eigenvalue weighted by Crippen LogP contribution is 2.23. The molecule has 0 saturated heterocycles. The summed E-state index contributed by atoms with van der Waals surface area (Å²) in [7, 11) is 0. The molecule has 114 valence electrons. The number of nitrogens with zero attached hydrogens (tertiary/aromatic N) is 3. The first-order chi connectivity index (χ1) is 9.79. The lowest BCUT2D eigenvalue weighted by Gasteiger charge is -2.17.